The van der Waals surface area contributed by atoms with Gasteiger partial charge in [-0.2, -0.15) is 0 Å². The quantitative estimate of drug-likeness (QED) is 0.242. The van der Waals surface area contributed by atoms with Crippen molar-refractivity contribution in [3.05, 3.63) is 64.8 Å². The summed E-state index contributed by atoms with van der Waals surface area (Å²) in [6, 6.07) is 6.97. The number of benzene rings is 1. The van der Waals surface area contributed by atoms with Crippen LogP contribution in [-0.2, 0) is 9.09 Å². The van der Waals surface area contributed by atoms with E-state index in [9.17, 15) is 9.46 Å². The van der Waals surface area contributed by atoms with Gasteiger partial charge in [0.25, 0.3) is 5.05 Å². The molecule has 152 valence electrons. The monoisotopic (exact) mass is 420 g/mol. The van der Waals surface area contributed by atoms with Crippen LogP contribution in [0.25, 0.3) is 0 Å². The summed E-state index contributed by atoms with van der Waals surface area (Å²) in [5.74, 6) is 0.503. The van der Waals surface area contributed by atoms with Crippen molar-refractivity contribution in [1.82, 2.24) is 0 Å². The van der Waals surface area contributed by atoms with E-state index in [1.54, 1.807) is 24.3 Å². The molecule has 0 spiro atoms. The highest BCUT2D eigenvalue weighted by atomic mass is 32.1. The zero-order valence-electron chi connectivity index (χ0n) is 17.1. The summed E-state index contributed by atoms with van der Waals surface area (Å²) in [6.07, 6.45) is 10.8. The van der Waals surface area contributed by atoms with Crippen molar-refractivity contribution in [2.75, 3.05) is 6.61 Å². The molecule has 0 aliphatic carbocycles. The van der Waals surface area contributed by atoms with E-state index in [0.717, 1.165) is 25.7 Å². The van der Waals surface area contributed by atoms with Gasteiger partial charge in [-0.15, -0.1) is 0 Å². The summed E-state index contributed by atoms with van der Waals surface area (Å²) in [7, 11) is -3.04. The minimum absolute atomic E-state index is 0.110. The lowest BCUT2D eigenvalue weighted by Gasteiger charge is -2.09. The van der Waals surface area contributed by atoms with Gasteiger partial charge in [-0.05, 0) is 88.4 Å². The van der Waals surface area contributed by atoms with Gasteiger partial charge < -0.3 is 9.63 Å². The highest BCUT2D eigenvalue weighted by molar-refractivity contribution is 7.80. The topological polar surface area (TPSA) is 58.6 Å². The van der Waals surface area contributed by atoms with E-state index >= 15 is 0 Å². The predicted molar refractivity (Wildman–Crippen MR) is 118 cm³/mol. The Kier molecular flexibility index (Phi) is 11.6. The first-order valence-corrected chi connectivity index (χ1v) is 10.8. The maximum atomic E-state index is 10.7. The SMILES string of the molecule is CC(C)=CCCC(C)=CCCC(C)=CCOc1ccccc1C(=S)O[P+](=O)[O-]. The van der Waals surface area contributed by atoms with E-state index in [1.165, 1.54) is 16.7 Å². The Hall–Kier alpha value is -1.81. The van der Waals surface area contributed by atoms with E-state index in [4.69, 9.17) is 17.0 Å². The van der Waals surface area contributed by atoms with Gasteiger partial charge in [0.2, 0.25) is 0 Å². The fourth-order valence-electron chi connectivity index (χ4n) is 2.49. The molecule has 0 radical (unpaired) electrons. The van der Waals surface area contributed by atoms with E-state index in [1.807, 2.05) is 6.08 Å². The van der Waals surface area contributed by atoms with Gasteiger partial charge >= 0.3 is 8.25 Å². The van der Waals surface area contributed by atoms with Crippen molar-refractivity contribution in [3.63, 3.8) is 0 Å². The van der Waals surface area contributed by atoms with Crippen molar-refractivity contribution >= 4 is 25.5 Å². The second-order valence-electron chi connectivity index (χ2n) is 6.87. The summed E-state index contributed by atoms with van der Waals surface area (Å²) in [4.78, 5) is 10.7. The fraction of sp³-hybridized carbons (Fsp3) is 0.409. The summed E-state index contributed by atoms with van der Waals surface area (Å²) >= 11 is 5.00. The van der Waals surface area contributed by atoms with Gasteiger partial charge in [-0.25, -0.2) is 4.52 Å². The van der Waals surface area contributed by atoms with E-state index in [-0.39, 0.29) is 5.05 Å². The largest absolute Gasteiger partial charge is 0.558 e. The minimum Gasteiger partial charge on any atom is -0.558 e. The molecule has 0 bridgehead atoms. The predicted octanol–water partition coefficient (Wildman–Crippen LogP) is 6.19. The maximum Gasteiger partial charge on any atom is 0.540 e. The lowest BCUT2D eigenvalue weighted by Crippen LogP contribution is -2.06. The fourth-order valence-corrected chi connectivity index (χ4v) is 3.08. The molecule has 0 saturated heterocycles. The number of ether oxygens (including phenoxy) is 1. The first-order chi connectivity index (χ1) is 13.3. The van der Waals surface area contributed by atoms with Gasteiger partial charge in [-0.1, -0.05) is 41.0 Å². The number of rotatable bonds is 11. The molecule has 0 aliphatic rings. The molecule has 6 heteroatoms. The van der Waals surface area contributed by atoms with Crippen LogP contribution < -0.4 is 9.63 Å². The Morgan fingerprint density at radius 2 is 1.64 bits per heavy atom. The van der Waals surface area contributed by atoms with Crippen molar-refractivity contribution in [1.29, 1.82) is 0 Å². The smallest absolute Gasteiger partial charge is 0.540 e. The summed E-state index contributed by atoms with van der Waals surface area (Å²) in [5.41, 5.74) is 4.48. The zero-order valence-corrected chi connectivity index (χ0v) is 18.8. The van der Waals surface area contributed by atoms with Crippen LogP contribution in [0.5, 0.6) is 5.75 Å². The first kappa shape index (κ1) is 24.2. The molecule has 0 N–H and O–H groups in total. The second kappa shape index (κ2) is 13.4. The van der Waals surface area contributed by atoms with Gasteiger partial charge in [0, 0.05) is 0 Å². The molecule has 28 heavy (non-hydrogen) atoms. The second-order valence-corrected chi connectivity index (χ2v) is 7.87. The molecule has 1 rings (SSSR count). The van der Waals surface area contributed by atoms with Crippen LogP contribution >= 0.6 is 20.5 Å². The third kappa shape index (κ3) is 10.5. The van der Waals surface area contributed by atoms with Crippen molar-refractivity contribution < 1.29 is 18.7 Å². The highest BCUT2D eigenvalue weighted by Crippen LogP contribution is 2.23. The van der Waals surface area contributed by atoms with Crippen LogP contribution in [0.4, 0.5) is 0 Å². The molecule has 0 saturated carbocycles. The van der Waals surface area contributed by atoms with Crippen LogP contribution in [-0.4, -0.2) is 11.7 Å². The van der Waals surface area contributed by atoms with E-state index in [2.05, 4.69) is 44.4 Å². The molecule has 0 amide bonds. The van der Waals surface area contributed by atoms with Gasteiger partial charge in [0.05, 0.1) is 5.56 Å². The third-order valence-corrected chi connectivity index (χ3v) is 4.82. The maximum absolute atomic E-state index is 10.7. The lowest BCUT2D eigenvalue weighted by atomic mass is 10.1. The Morgan fingerprint density at radius 1 is 1.04 bits per heavy atom. The number of thiocarbonyl (C=S) groups is 1. The molecule has 1 aromatic carbocycles. The molecule has 0 aromatic heterocycles. The molecule has 1 unspecified atom stereocenters. The Bertz CT molecular complexity index is 762. The van der Waals surface area contributed by atoms with Crippen molar-refractivity contribution in [3.8, 4) is 5.75 Å². The van der Waals surface area contributed by atoms with Crippen LogP contribution in [0.1, 0.15) is 58.9 Å². The first-order valence-electron chi connectivity index (χ1n) is 9.32. The average molecular weight is 421 g/mol. The molecule has 1 aromatic rings. The molecule has 4 nitrogen and oxygen atoms in total. The lowest BCUT2D eigenvalue weighted by molar-refractivity contribution is -0.179. The molecule has 1 atom stereocenters. The van der Waals surface area contributed by atoms with E-state index < -0.39 is 8.25 Å². The Morgan fingerprint density at radius 3 is 2.29 bits per heavy atom. The van der Waals surface area contributed by atoms with E-state index in [0.29, 0.717) is 17.9 Å². The molecule has 0 aliphatic heterocycles. The zero-order chi connectivity index (χ0) is 20.9. The molecule has 0 heterocycles. The van der Waals surface area contributed by atoms with Gasteiger partial charge in [-0.3, -0.25) is 0 Å². The highest BCUT2D eigenvalue weighted by Gasteiger charge is 2.15. The number of hydrogen-bond donors (Lipinski definition) is 0. The van der Waals surface area contributed by atoms with Crippen LogP contribution in [0.15, 0.2) is 59.2 Å². The molecular formula is C22H29O4PS. The normalized spacial score (nSPS) is 12.4. The summed E-state index contributed by atoms with van der Waals surface area (Å²) < 4.78 is 21.1. The average Bonchev–Trinajstić information content (AvgIpc) is 2.61. The van der Waals surface area contributed by atoms with Crippen LogP contribution in [0.3, 0.4) is 0 Å². The molecular weight excluding hydrogens is 391 g/mol. The number of allylic oxidation sites excluding steroid dienone is 5. The Labute approximate surface area is 174 Å². The summed E-state index contributed by atoms with van der Waals surface area (Å²) in [5, 5.41) is -0.110. The van der Waals surface area contributed by atoms with Crippen LogP contribution in [0.2, 0.25) is 0 Å². The third-order valence-electron chi connectivity index (χ3n) is 4.06. The summed E-state index contributed by atoms with van der Waals surface area (Å²) in [6.45, 7) is 8.90. The molecule has 0 fully saturated rings. The number of para-hydroxylation sites is 1. The van der Waals surface area contributed by atoms with Crippen LogP contribution in [0, 0.1) is 0 Å². The van der Waals surface area contributed by atoms with Gasteiger partial charge in [0.1, 0.15) is 12.4 Å². The Balaban J connectivity index is 2.49. The minimum atomic E-state index is -3.04. The van der Waals surface area contributed by atoms with Crippen molar-refractivity contribution in [2.24, 2.45) is 0 Å². The number of hydrogen-bond acceptors (Lipinski definition) is 5. The van der Waals surface area contributed by atoms with Gasteiger partial charge in [0.15, 0.2) is 0 Å². The van der Waals surface area contributed by atoms with Crippen molar-refractivity contribution in [2.45, 2.75) is 53.4 Å². The standard InChI is InChI=1S/C22H29O4PS/c1-17(2)9-7-10-18(3)11-8-12-19(4)15-16-25-21-14-6-5-13-20(21)22(28)26-27(23)24/h5-6,9,11,13-15H,7-8,10,12,16H2,1-4H3.